The van der Waals surface area contributed by atoms with Gasteiger partial charge in [0.2, 0.25) is 0 Å². The molecule has 1 fully saturated rings. The Morgan fingerprint density at radius 1 is 1.56 bits per heavy atom. The van der Waals surface area contributed by atoms with E-state index in [-0.39, 0.29) is 24.6 Å². The van der Waals surface area contributed by atoms with Gasteiger partial charge in [-0.25, -0.2) is 9.37 Å². The number of pyridine rings is 1. The lowest BCUT2D eigenvalue weighted by Gasteiger charge is -2.36. The summed E-state index contributed by atoms with van der Waals surface area (Å²) in [5.41, 5.74) is 0. The highest BCUT2D eigenvalue weighted by molar-refractivity contribution is 5.38. The van der Waals surface area contributed by atoms with Crippen LogP contribution in [0, 0.1) is 5.82 Å². The normalized spacial score (nSPS) is 25.8. The van der Waals surface area contributed by atoms with E-state index in [2.05, 4.69) is 4.98 Å². The number of aliphatic hydroxyl groups excluding tert-OH is 1. The number of aromatic nitrogens is 1. The summed E-state index contributed by atoms with van der Waals surface area (Å²) in [5.74, 6) is 0.374. The van der Waals surface area contributed by atoms with Crippen molar-refractivity contribution in [2.24, 2.45) is 0 Å². The van der Waals surface area contributed by atoms with E-state index in [0.717, 1.165) is 5.82 Å². The molecule has 1 aromatic rings. The minimum Gasteiger partial charge on any atom is -0.394 e. The minimum absolute atomic E-state index is 0.0119. The lowest BCUT2D eigenvalue weighted by atomic mass is 10.2. The maximum Gasteiger partial charge on any atom is 0.141 e. The van der Waals surface area contributed by atoms with E-state index >= 15 is 0 Å². The molecule has 2 atom stereocenters. The molecule has 5 heteroatoms. The third-order valence-corrected chi connectivity index (χ3v) is 2.57. The molecule has 1 N–H and O–H groups in total. The van der Waals surface area contributed by atoms with Gasteiger partial charge in [-0.1, -0.05) is 0 Å². The number of nitrogens with zero attached hydrogens (tertiary/aromatic N) is 2. The van der Waals surface area contributed by atoms with Gasteiger partial charge in [0.15, 0.2) is 0 Å². The van der Waals surface area contributed by atoms with Gasteiger partial charge in [-0.15, -0.1) is 0 Å². The van der Waals surface area contributed by atoms with E-state index in [4.69, 9.17) is 9.84 Å². The third-order valence-electron chi connectivity index (χ3n) is 2.57. The molecule has 1 aliphatic heterocycles. The van der Waals surface area contributed by atoms with E-state index in [9.17, 15) is 4.39 Å². The van der Waals surface area contributed by atoms with Crippen LogP contribution in [-0.4, -0.2) is 42.0 Å². The van der Waals surface area contributed by atoms with Gasteiger partial charge in [0.25, 0.3) is 0 Å². The molecule has 2 rings (SSSR count). The first-order chi connectivity index (χ1) is 7.69. The molecule has 0 saturated carbocycles. The fourth-order valence-electron chi connectivity index (χ4n) is 1.89. The maximum atomic E-state index is 12.7. The van der Waals surface area contributed by atoms with Crippen molar-refractivity contribution in [2.45, 2.75) is 19.1 Å². The molecule has 2 heterocycles. The molecular formula is C11H15FN2O2. The number of anilines is 1. The predicted molar refractivity (Wildman–Crippen MR) is 57.8 cm³/mol. The first kappa shape index (κ1) is 11.3. The van der Waals surface area contributed by atoms with E-state index < -0.39 is 0 Å². The number of morpholine rings is 1. The molecule has 1 aromatic heterocycles. The summed E-state index contributed by atoms with van der Waals surface area (Å²) < 4.78 is 18.2. The van der Waals surface area contributed by atoms with Crippen molar-refractivity contribution in [3.05, 3.63) is 24.1 Å². The topological polar surface area (TPSA) is 45.6 Å². The number of hydrogen-bond acceptors (Lipinski definition) is 4. The van der Waals surface area contributed by atoms with Crippen molar-refractivity contribution in [1.29, 1.82) is 0 Å². The summed E-state index contributed by atoms with van der Waals surface area (Å²) in [6, 6.07) is 3.03. The molecule has 0 bridgehead atoms. The van der Waals surface area contributed by atoms with Gasteiger partial charge in [-0.3, -0.25) is 0 Å². The largest absolute Gasteiger partial charge is 0.394 e. The predicted octanol–water partition coefficient (Wildman–Crippen LogP) is 0.807. The molecule has 2 unspecified atom stereocenters. The second-order valence-corrected chi connectivity index (χ2v) is 3.99. The van der Waals surface area contributed by atoms with Crippen molar-refractivity contribution in [1.82, 2.24) is 4.98 Å². The van der Waals surface area contributed by atoms with Gasteiger partial charge in [-0.2, -0.15) is 0 Å². The average Bonchev–Trinajstić information content (AvgIpc) is 2.29. The number of aliphatic hydroxyl groups is 1. The van der Waals surface area contributed by atoms with Crippen LogP contribution in [0.15, 0.2) is 18.3 Å². The zero-order valence-electron chi connectivity index (χ0n) is 9.14. The maximum absolute atomic E-state index is 12.7. The van der Waals surface area contributed by atoms with Gasteiger partial charge in [0.1, 0.15) is 11.6 Å². The molecule has 16 heavy (non-hydrogen) atoms. The Morgan fingerprint density at radius 3 is 3.00 bits per heavy atom. The Morgan fingerprint density at radius 2 is 2.38 bits per heavy atom. The van der Waals surface area contributed by atoms with E-state index in [1.165, 1.54) is 12.3 Å². The van der Waals surface area contributed by atoms with E-state index in [0.29, 0.717) is 13.1 Å². The SMILES string of the molecule is CC1CN(c2ccc(F)cn2)CC(CO)O1. The van der Waals surface area contributed by atoms with Crippen LogP contribution in [0.5, 0.6) is 0 Å². The molecule has 0 amide bonds. The average molecular weight is 226 g/mol. The van der Waals surface area contributed by atoms with Gasteiger partial charge < -0.3 is 14.7 Å². The van der Waals surface area contributed by atoms with Crippen LogP contribution in [0.1, 0.15) is 6.92 Å². The second-order valence-electron chi connectivity index (χ2n) is 3.99. The summed E-state index contributed by atoms with van der Waals surface area (Å²) in [6.07, 6.45) is 1.04. The Kier molecular flexibility index (Phi) is 3.36. The molecule has 1 saturated heterocycles. The van der Waals surface area contributed by atoms with E-state index in [1.54, 1.807) is 6.07 Å². The van der Waals surface area contributed by atoms with Crippen LogP contribution in [0.4, 0.5) is 10.2 Å². The lowest BCUT2D eigenvalue weighted by molar-refractivity contribution is -0.0423. The van der Waals surface area contributed by atoms with Crippen LogP contribution in [0.2, 0.25) is 0 Å². The van der Waals surface area contributed by atoms with Crippen LogP contribution in [0.3, 0.4) is 0 Å². The fraction of sp³-hybridized carbons (Fsp3) is 0.545. The Bertz CT molecular complexity index is 344. The molecule has 1 aliphatic rings. The van der Waals surface area contributed by atoms with Gasteiger partial charge in [0.05, 0.1) is 25.0 Å². The molecule has 0 aliphatic carbocycles. The zero-order chi connectivity index (χ0) is 11.5. The lowest BCUT2D eigenvalue weighted by Crippen LogP contribution is -2.48. The third kappa shape index (κ3) is 2.48. The Labute approximate surface area is 93.7 Å². The Hall–Kier alpha value is -1.20. The van der Waals surface area contributed by atoms with Crippen molar-refractivity contribution >= 4 is 5.82 Å². The van der Waals surface area contributed by atoms with Crippen LogP contribution in [0.25, 0.3) is 0 Å². The van der Waals surface area contributed by atoms with Crippen LogP contribution in [-0.2, 0) is 4.74 Å². The summed E-state index contributed by atoms with van der Waals surface area (Å²) in [7, 11) is 0. The number of hydrogen-bond donors (Lipinski definition) is 1. The van der Waals surface area contributed by atoms with Gasteiger partial charge in [0, 0.05) is 13.1 Å². The molecule has 88 valence electrons. The Balaban J connectivity index is 2.11. The standard InChI is InChI=1S/C11H15FN2O2/c1-8-5-14(6-10(7-15)16-8)11-3-2-9(12)4-13-11/h2-4,8,10,15H,5-7H2,1H3. The zero-order valence-corrected chi connectivity index (χ0v) is 9.14. The number of rotatable bonds is 2. The van der Waals surface area contributed by atoms with Gasteiger partial charge in [-0.05, 0) is 19.1 Å². The number of ether oxygens (including phenoxy) is 1. The smallest absolute Gasteiger partial charge is 0.141 e. The number of halogens is 1. The van der Waals surface area contributed by atoms with Crippen molar-refractivity contribution in [3.8, 4) is 0 Å². The highest BCUT2D eigenvalue weighted by Gasteiger charge is 2.25. The van der Waals surface area contributed by atoms with E-state index in [1.807, 2.05) is 11.8 Å². The molecule has 0 aromatic carbocycles. The first-order valence-corrected chi connectivity index (χ1v) is 5.32. The van der Waals surface area contributed by atoms with Crippen molar-refractivity contribution in [2.75, 3.05) is 24.6 Å². The molecule has 0 spiro atoms. The monoisotopic (exact) mass is 226 g/mol. The quantitative estimate of drug-likeness (QED) is 0.810. The minimum atomic E-state index is -0.344. The highest BCUT2D eigenvalue weighted by Crippen LogP contribution is 2.18. The highest BCUT2D eigenvalue weighted by atomic mass is 19.1. The van der Waals surface area contributed by atoms with Gasteiger partial charge >= 0.3 is 0 Å². The molecular weight excluding hydrogens is 211 g/mol. The summed E-state index contributed by atoms with van der Waals surface area (Å²) in [6.45, 7) is 3.22. The van der Waals surface area contributed by atoms with Crippen molar-refractivity contribution in [3.63, 3.8) is 0 Å². The van der Waals surface area contributed by atoms with Crippen molar-refractivity contribution < 1.29 is 14.2 Å². The molecule has 4 nitrogen and oxygen atoms in total. The molecule has 0 radical (unpaired) electrons. The summed E-state index contributed by atoms with van der Waals surface area (Å²) >= 11 is 0. The first-order valence-electron chi connectivity index (χ1n) is 5.32. The van der Waals surface area contributed by atoms with Crippen LogP contribution < -0.4 is 4.90 Å². The summed E-state index contributed by atoms with van der Waals surface area (Å²) in [5, 5.41) is 9.09. The fourth-order valence-corrected chi connectivity index (χ4v) is 1.89. The van der Waals surface area contributed by atoms with Crippen LogP contribution >= 0.6 is 0 Å². The second kappa shape index (κ2) is 4.76. The summed E-state index contributed by atoms with van der Waals surface area (Å²) in [4.78, 5) is 6.01.